The number of nitrogens with zero attached hydrogens (tertiary/aromatic N) is 4. The lowest BCUT2D eigenvalue weighted by atomic mass is 9.60. The Morgan fingerprint density at radius 1 is 1.35 bits per heavy atom. The van der Waals surface area contributed by atoms with E-state index in [1.54, 1.807) is 17.1 Å². The van der Waals surface area contributed by atoms with Crippen LogP contribution in [0.25, 0.3) is 0 Å². The van der Waals surface area contributed by atoms with Crippen LogP contribution in [0, 0.1) is 12.3 Å². The van der Waals surface area contributed by atoms with Gasteiger partial charge in [0.2, 0.25) is 0 Å². The maximum Gasteiger partial charge on any atom is 0.254 e. The third-order valence-corrected chi connectivity index (χ3v) is 6.07. The molecule has 1 saturated heterocycles. The van der Waals surface area contributed by atoms with Gasteiger partial charge in [0.15, 0.2) is 0 Å². The average molecular weight is 353 g/mol. The zero-order chi connectivity index (χ0) is 18.1. The van der Waals surface area contributed by atoms with E-state index in [9.17, 15) is 4.79 Å². The van der Waals surface area contributed by atoms with Crippen molar-refractivity contribution in [3.8, 4) is 0 Å². The molecular weight excluding hydrogens is 326 g/mol. The van der Waals surface area contributed by atoms with Crippen LogP contribution >= 0.6 is 0 Å². The van der Waals surface area contributed by atoms with Crippen LogP contribution in [-0.4, -0.2) is 44.7 Å². The van der Waals surface area contributed by atoms with Gasteiger partial charge in [-0.15, -0.1) is 0 Å². The molecule has 0 atom stereocenters. The van der Waals surface area contributed by atoms with E-state index in [0.717, 1.165) is 32.5 Å². The standard InChI is InChI=1S/C20H27N5O/c1-15-4-3-7-21-18(15)14-25-8-5-20(6-9-25)10-17(11-20)23-19(26)16-12-22-24(2)13-16/h3-4,7,12-13,17H,5-6,8-11,14H2,1-2H3,(H,23,26). The van der Waals surface area contributed by atoms with Gasteiger partial charge in [-0.1, -0.05) is 6.07 Å². The number of piperidine rings is 1. The zero-order valence-electron chi connectivity index (χ0n) is 15.6. The largest absolute Gasteiger partial charge is 0.349 e. The van der Waals surface area contributed by atoms with E-state index in [0.29, 0.717) is 17.0 Å². The summed E-state index contributed by atoms with van der Waals surface area (Å²) in [5, 5.41) is 7.23. The molecule has 0 radical (unpaired) electrons. The van der Waals surface area contributed by atoms with Gasteiger partial charge in [0.25, 0.3) is 5.91 Å². The number of amides is 1. The highest BCUT2D eigenvalue weighted by molar-refractivity contribution is 5.93. The first kappa shape index (κ1) is 17.2. The summed E-state index contributed by atoms with van der Waals surface area (Å²) in [6.45, 7) is 5.33. The van der Waals surface area contributed by atoms with Crippen LogP contribution in [0.1, 0.15) is 47.3 Å². The molecule has 2 aromatic heterocycles. The smallest absolute Gasteiger partial charge is 0.254 e. The molecule has 1 aliphatic heterocycles. The van der Waals surface area contributed by atoms with E-state index in [2.05, 4.69) is 33.3 Å². The van der Waals surface area contributed by atoms with Crippen molar-refractivity contribution in [2.75, 3.05) is 13.1 Å². The highest BCUT2D eigenvalue weighted by Crippen LogP contribution is 2.49. The number of nitrogens with one attached hydrogen (secondary N) is 1. The van der Waals surface area contributed by atoms with Crippen molar-refractivity contribution in [1.29, 1.82) is 0 Å². The quantitative estimate of drug-likeness (QED) is 0.916. The summed E-state index contributed by atoms with van der Waals surface area (Å²) in [6, 6.07) is 4.44. The summed E-state index contributed by atoms with van der Waals surface area (Å²) in [7, 11) is 1.83. The molecule has 2 fully saturated rings. The normalized spacial score (nSPS) is 20.1. The van der Waals surface area contributed by atoms with Crippen molar-refractivity contribution in [2.45, 2.75) is 45.2 Å². The molecule has 1 amide bonds. The Morgan fingerprint density at radius 3 is 2.77 bits per heavy atom. The van der Waals surface area contributed by atoms with Crippen molar-refractivity contribution in [3.05, 3.63) is 47.5 Å². The van der Waals surface area contributed by atoms with Crippen molar-refractivity contribution < 1.29 is 4.79 Å². The van der Waals surface area contributed by atoms with E-state index in [1.807, 2.05) is 19.3 Å². The van der Waals surface area contributed by atoms with Gasteiger partial charge >= 0.3 is 0 Å². The number of hydrogen-bond acceptors (Lipinski definition) is 4. The van der Waals surface area contributed by atoms with Crippen molar-refractivity contribution in [1.82, 2.24) is 25.0 Å². The van der Waals surface area contributed by atoms with E-state index in [-0.39, 0.29) is 5.91 Å². The molecule has 2 aliphatic rings. The van der Waals surface area contributed by atoms with Crippen molar-refractivity contribution >= 4 is 5.91 Å². The lowest BCUT2D eigenvalue weighted by molar-refractivity contribution is 0.00432. The summed E-state index contributed by atoms with van der Waals surface area (Å²) in [5.41, 5.74) is 3.55. The maximum atomic E-state index is 12.2. The molecule has 4 rings (SSSR count). The molecule has 1 aliphatic carbocycles. The molecule has 6 heteroatoms. The van der Waals surface area contributed by atoms with E-state index in [1.165, 1.54) is 24.1 Å². The lowest BCUT2D eigenvalue weighted by Crippen LogP contribution is -2.54. The number of aromatic nitrogens is 3. The Hall–Kier alpha value is -2.21. The Bertz CT molecular complexity index is 783. The molecule has 1 spiro atoms. The van der Waals surface area contributed by atoms with Crippen LogP contribution in [0.15, 0.2) is 30.7 Å². The Labute approximate surface area is 154 Å². The molecule has 138 valence electrons. The average Bonchev–Trinajstić information content (AvgIpc) is 3.04. The van der Waals surface area contributed by atoms with Gasteiger partial charge in [-0.2, -0.15) is 5.10 Å². The minimum atomic E-state index is 0.000938. The number of aryl methyl sites for hydroxylation is 2. The molecule has 0 unspecified atom stereocenters. The highest BCUT2D eigenvalue weighted by Gasteiger charge is 2.46. The number of rotatable bonds is 4. The molecule has 3 heterocycles. The van der Waals surface area contributed by atoms with Gasteiger partial charge in [0.05, 0.1) is 17.5 Å². The van der Waals surface area contributed by atoms with Gasteiger partial charge in [0.1, 0.15) is 0 Å². The molecule has 1 N–H and O–H groups in total. The molecular formula is C20H27N5O. The van der Waals surface area contributed by atoms with E-state index in [4.69, 9.17) is 0 Å². The van der Waals surface area contributed by atoms with Crippen molar-refractivity contribution in [3.63, 3.8) is 0 Å². The molecule has 1 saturated carbocycles. The highest BCUT2D eigenvalue weighted by atomic mass is 16.1. The molecule has 6 nitrogen and oxygen atoms in total. The molecule has 2 aromatic rings. The topological polar surface area (TPSA) is 63.1 Å². The van der Waals surface area contributed by atoms with E-state index >= 15 is 0 Å². The third-order valence-electron chi connectivity index (χ3n) is 6.07. The minimum Gasteiger partial charge on any atom is -0.349 e. The van der Waals surface area contributed by atoms with Crippen LogP contribution in [-0.2, 0) is 13.6 Å². The van der Waals surface area contributed by atoms with Crippen LogP contribution < -0.4 is 5.32 Å². The summed E-state index contributed by atoms with van der Waals surface area (Å²) in [4.78, 5) is 19.3. The summed E-state index contributed by atoms with van der Waals surface area (Å²) < 4.78 is 1.66. The Kier molecular flexibility index (Phi) is 4.53. The van der Waals surface area contributed by atoms with E-state index < -0.39 is 0 Å². The Balaban J connectivity index is 1.24. The zero-order valence-corrected chi connectivity index (χ0v) is 15.6. The number of hydrogen-bond donors (Lipinski definition) is 1. The van der Waals surface area contributed by atoms with Gasteiger partial charge in [0, 0.05) is 32.0 Å². The van der Waals surface area contributed by atoms with Crippen molar-refractivity contribution in [2.24, 2.45) is 12.5 Å². The van der Waals surface area contributed by atoms with Gasteiger partial charge in [-0.25, -0.2) is 0 Å². The first-order valence-corrected chi connectivity index (χ1v) is 9.45. The third kappa shape index (κ3) is 3.51. The molecule has 0 bridgehead atoms. The monoisotopic (exact) mass is 353 g/mol. The molecule has 0 aromatic carbocycles. The number of carbonyl (C=O) groups is 1. The van der Waals surface area contributed by atoms with Gasteiger partial charge < -0.3 is 5.32 Å². The van der Waals surface area contributed by atoms with Crippen LogP contribution in [0.4, 0.5) is 0 Å². The SMILES string of the molecule is Cc1cccnc1CN1CCC2(CC1)CC(NC(=O)c1cnn(C)c1)C2. The fourth-order valence-electron chi connectivity index (χ4n) is 4.38. The first-order chi connectivity index (χ1) is 12.5. The fourth-order valence-corrected chi connectivity index (χ4v) is 4.38. The fraction of sp³-hybridized carbons (Fsp3) is 0.550. The first-order valence-electron chi connectivity index (χ1n) is 9.45. The second-order valence-electron chi connectivity index (χ2n) is 8.02. The van der Waals surface area contributed by atoms with Crippen LogP contribution in [0.2, 0.25) is 0 Å². The van der Waals surface area contributed by atoms with Crippen LogP contribution in [0.5, 0.6) is 0 Å². The summed E-state index contributed by atoms with van der Waals surface area (Å²) >= 11 is 0. The summed E-state index contributed by atoms with van der Waals surface area (Å²) in [5.74, 6) is 0.000938. The number of pyridine rings is 1. The minimum absolute atomic E-state index is 0.000938. The predicted octanol–water partition coefficient (Wildman–Crippen LogP) is 2.30. The molecule has 26 heavy (non-hydrogen) atoms. The number of likely N-dealkylation sites (tertiary alicyclic amines) is 1. The van der Waals surface area contributed by atoms with Crippen LogP contribution in [0.3, 0.4) is 0 Å². The summed E-state index contributed by atoms with van der Waals surface area (Å²) in [6.07, 6.45) is 9.93. The second-order valence-corrected chi connectivity index (χ2v) is 8.02. The number of carbonyl (C=O) groups excluding carboxylic acids is 1. The maximum absolute atomic E-state index is 12.2. The Morgan fingerprint density at radius 2 is 2.12 bits per heavy atom. The second kappa shape index (κ2) is 6.83. The van der Waals surface area contributed by atoms with Gasteiger partial charge in [-0.05, 0) is 62.7 Å². The van der Waals surface area contributed by atoms with Gasteiger partial charge in [-0.3, -0.25) is 19.4 Å². The predicted molar refractivity (Wildman–Crippen MR) is 99.6 cm³/mol. The lowest BCUT2D eigenvalue weighted by Gasteiger charge is -2.52.